The summed E-state index contributed by atoms with van der Waals surface area (Å²) in [4.78, 5) is 2.07. The van der Waals surface area contributed by atoms with Gasteiger partial charge in [-0.1, -0.05) is 0 Å². The van der Waals surface area contributed by atoms with Crippen LogP contribution in [-0.4, -0.2) is 54.5 Å². The topological polar surface area (TPSA) is 35.5 Å². The van der Waals surface area contributed by atoms with Crippen LogP contribution in [0.1, 0.15) is 25.7 Å². The standard InChI is InChI=1S/C12H21F3N2O/c13-12(14,15)11(18)3-7-17(8-4-11)9-10-1-5-16-6-2-10/h10,16,18H,1-9H2. The summed E-state index contributed by atoms with van der Waals surface area (Å²) in [7, 11) is 0. The van der Waals surface area contributed by atoms with Crippen LogP contribution in [0.3, 0.4) is 0 Å². The lowest BCUT2D eigenvalue weighted by Gasteiger charge is -2.40. The van der Waals surface area contributed by atoms with Crippen molar-refractivity contribution in [2.24, 2.45) is 5.92 Å². The number of hydrogen-bond donors (Lipinski definition) is 2. The maximum atomic E-state index is 12.6. The van der Waals surface area contributed by atoms with Gasteiger partial charge in [-0.2, -0.15) is 13.2 Å². The molecule has 2 aliphatic heterocycles. The van der Waals surface area contributed by atoms with Crippen LogP contribution >= 0.6 is 0 Å². The molecule has 0 bridgehead atoms. The molecule has 2 N–H and O–H groups in total. The van der Waals surface area contributed by atoms with Crippen LogP contribution < -0.4 is 5.32 Å². The molecule has 0 aliphatic carbocycles. The first-order valence-corrected chi connectivity index (χ1v) is 6.63. The fraction of sp³-hybridized carbons (Fsp3) is 1.00. The molecule has 18 heavy (non-hydrogen) atoms. The molecule has 0 spiro atoms. The van der Waals surface area contributed by atoms with Crippen molar-refractivity contribution in [1.29, 1.82) is 0 Å². The SMILES string of the molecule is OC1(C(F)(F)F)CCN(CC2CCNCC2)CC1. The zero-order valence-electron chi connectivity index (χ0n) is 10.5. The Kier molecular flexibility index (Phi) is 4.18. The molecule has 0 aromatic heterocycles. The minimum Gasteiger partial charge on any atom is -0.380 e. The largest absolute Gasteiger partial charge is 0.417 e. The summed E-state index contributed by atoms with van der Waals surface area (Å²) in [6, 6.07) is 0. The number of nitrogens with zero attached hydrogens (tertiary/aromatic N) is 1. The van der Waals surface area contributed by atoms with Gasteiger partial charge in [-0.05, 0) is 44.7 Å². The Morgan fingerprint density at radius 3 is 2.22 bits per heavy atom. The molecule has 106 valence electrons. The fourth-order valence-electron chi connectivity index (χ4n) is 2.82. The van der Waals surface area contributed by atoms with E-state index in [9.17, 15) is 18.3 Å². The van der Waals surface area contributed by atoms with E-state index >= 15 is 0 Å². The predicted octanol–water partition coefficient (Wildman–Crippen LogP) is 1.38. The van der Waals surface area contributed by atoms with E-state index in [0.717, 1.165) is 32.5 Å². The zero-order chi connectivity index (χ0) is 13.2. The summed E-state index contributed by atoms with van der Waals surface area (Å²) in [5, 5.41) is 12.8. The molecular weight excluding hydrogens is 245 g/mol. The second-order valence-corrected chi connectivity index (χ2v) is 5.52. The van der Waals surface area contributed by atoms with Crippen molar-refractivity contribution in [3.63, 3.8) is 0 Å². The van der Waals surface area contributed by atoms with E-state index in [1.807, 2.05) is 0 Å². The van der Waals surface area contributed by atoms with Gasteiger partial charge in [-0.15, -0.1) is 0 Å². The van der Waals surface area contributed by atoms with E-state index in [2.05, 4.69) is 10.2 Å². The fourth-order valence-corrected chi connectivity index (χ4v) is 2.82. The average Bonchev–Trinajstić information content (AvgIpc) is 2.32. The Hall–Kier alpha value is -0.330. The third-order valence-corrected chi connectivity index (χ3v) is 4.19. The Balaban J connectivity index is 1.79. The lowest BCUT2D eigenvalue weighted by molar-refractivity contribution is -0.272. The quantitative estimate of drug-likeness (QED) is 0.792. The highest BCUT2D eigenvalue weighted by molar-refractivity contribution is 4.92. The first-order valence-electron chi connectivity index (χ1n) is 6.63. The Labute approximate surface area is 105 Å². The number of piperidine rings is 2. The minimum absolute atomic E-state index is 0.193. The molecule has 0 aromatic rings. The highest BCUT2D eigenvalue weighted by atomic mass is 19.4. The van der Waals surface area contributed by atoms with Gasteiger partial charge in [-0.25, -0.2) is 0 Å². The van der Waals surface area contributed by atoms with E-state index in [4.69, 9.17) is 0 Å². The summed E-state index contributed by atoms with van der Waals surface area (Å²) in [5.74, 6) is 0.586. The third-order valence-electron chi connectivity index (χ3n) is 4.19. The predicted molar refractivity (Wildman–Crippen MR) is 62.3 cm³/mol. The molecule has 2 fully saturated rings. The second-order valence-electron chi connectivity index (χ2n) is 5.52. The highest BCUT2D eigenvalue weighted by Gasteiger charge is 2.54. The first kappa shape index (κ1) is 14.1. The van der Waals surface area contributed by atoms with Crippen LogP contribution in [0, 0.1) is 5.92 Å². The van der Waals surface area contributed by atoms with Gasteiger partial charge in [-0.3, -0.25) is 0 Å². The monoisotopic (exact) mass is 266 g/mol. The second kappa shape index (κ2) is 5.35. The lowest BCUT2D eigenvalue weighted by Crippen LogP contribution is -2.54. The number of rotatable bonds is 2. The van der Waals surface area contributed by atoms with Crippen molar-refractivity contribution in [3.8, 4) is 0 Å². The van der Waals surface area contributed by atoms with Crippen molar-refractivity contribution in [3.05, 3.63) is 0 Å². The summed E-state index contributed by atoms with van der Waals surface area (Å²) in [5.41, 5.74) is -2.46. The number of alkyl halides is 3. The number of hydrogen-bond acceptors (Lipinski definition) is 3. The van der Waals surface area contributed by atoms with Gasteiger partial charge in [0.05, 0.1) is 0 Å². The van der Waals surface area contributed by atoms with Crippen LogP contribution in [0.25, 0.3) is 0 Å². The molecule has 2 heterocycles. The van der Waals surface area contributed by atoms with E-state index in [1.54, 1.807) is 0 Å². The van der Waals surface area contributed by atoms with Crippen LogP contribution in [-0.2, 0) is 0 Å². The molecule has 0 amide bonds. The van der Waals surface area contributed by atoms with Gasteiger partial charge in [0, 0.05) is 19.6 Å². The van der Waals surface area contributed by atoms with E-state index in [-0.39, 0.29) is 12.8 Å². The van der Waals surface area contributed by atoms with Gasteiger partial charge in [0.1, 0.15) is 0 Å². The van der Waals surface area contributed by atoms with Crippen molar-refractivity contribution in [1.82, 2.24) is 10.2 Å². The summed E-state index contributed by atoms with van der Waals surface area (Å²) >= 11 is 0. The molecule has 0 radical (unpaired) electrons. The van der Waals surface area contributed by atoms with Gasteiger partial charge >= 0.3 is 6.18 Å². The van der Waals surface area contributed by atoms with Crippen molar-refractivity contribution in [2.45, 2.75) is 37.5 Å². The molecular formula is C12H21F3N2O. The van der Waals surface area contributed by atoms with Gasteiger partial charge in [0.15, 0.2) is 5.60 Å². The number of aliphatic hydroxyl groups is 1. The van der Waals surface area contributed by atoms with E-state index in [1.165, 1.54) is 0 Å². The summed E-state index contributed by atoms with van der Waals surface area (Å²) in [6.07, 6.45) is -2.68. The van der Waals surface area contributed by atoms with Crippen LogP contribution in [0.4, 0.5) is 13.2 Å². The van der Waals surface area contributed by atoms with Crippen molar-refractivity contribution in [2.75, 3.05) is 32.7 Å². The number of nitrogens with one attached hydrogen (secondary N) is 1. The van der Waals surface area contributed by atoms with Crippen molar-refractivity contribution < 1.29 is 18.3 Å². The van der Waals surface area contributed by atoms with E-state index < -0.39 is 11.8 Å². The molecule has 0 saturated carbocycles. The summed E-state index contributed by atoms with van der Waals surface area (Å²) < 4.78 is 37.9. The number of likely N-dealkylation sites (tertiary alicyclic amines) is 1. The molecule has 6 heteroatoms. The highest BCUT2D eigenvalue weighted by Crippen LogP contribution is 2.38. The maximum Gasteiger partial charge on any atom is 0.417 e. The lowest BCUT2D eigenvalue weighted by atomic mass is 9.89. The van der Waals surface area contributed by atoms with Crippen LogP contribution in [0.15, 0.2) is 0 Å². The smallest absolute Gasteiger partial charge is 0.380 e. The third kappa shape index (κ3) is 3.16. The Morgan fingerprint density at radius 2 is 1.72 bits per heavy atom. The Bertz CT molecular complexity index is 269. The number of halogens is 3. The molecule has 2 aliphatic rings. The van der Waals surface area contributed by atoms with Crippen LogP contribution in [0.2, 0.25) is 0 Å². The molecule has 2 rings (SSSR count). The van der Waals surface area contributed by atoms with Gasteiger partial charge in [0.2, 0.25) is 0 Å². The Morgan fingerprint density at radius 1 is 1.17 bits per heavy atom. The van der Waals surface area contributed by atoms with Gasteiger partial charge < -0.3 is 15.3 Å². The molecule has 2 saturated heterocycles. The molecule has 0 aromatic carbocycles. The maximum absolute atomic E-state index is 12.6. The van der Waals surface area contributed by atoms with E-state index in [0.29, 0.717) is 19.0 Å². The average molecular weight is 266 g/mol. The summed E-state index contributed by atoms with van der Waals surface area (Å²) in [6.45, 7) is 3.57. The van der Waals surface area contributed by atoms with Crippen molar-refractivity contribution >= 4 is 0 Å². The zero-order valence-corrected chi connectivity index (χ0v) is 10.5. The molecule has 0 unspecified atom stereocenters. The molecule has 0 atom stereocenters. The minimum atomic E-state index is -4.49. The normalized spacial score (nSPS) is 27.3. The molecule has 3 nitrogen and oxygen atoms in total. The van der Waals surface area contributed by atoms with Gasteiger partial charge in [0.25, 0.3) is 0 Å². The first-order chi connectivity index (χ1) is 8.41. The van der Waals surface area contributed by atoms with Crippen LogP contribution in [0.5, 0.6) is 0 Å².